The lowest BCUT2D eigenvalue weighted by Gasteiger charge is -2.06. The van der Waals surface area contributed by atoms with Crippen molar-refractivity contribution >= 4 is 17.6 Å². The Morgan fingerprint density at radius 2 is 2.05 bits per heavy atom. The van der Waals surface area contributed by atoms with Gasteiger partial charge in [0, 0.05) is 0 Å². The first-order chi connectivity index (χ1) is 9.10. The van der Waals surface area contributed by atoms with Gasteiger partial charge in [-0.1, -0.05) is 23.7 Å². The van der Waals surface area contributed by atoms with E-state index in [1.807, 2.05) is 0 Å². The minimum Gasteiger partial charge on any atom is -0.480 e. The van der Waals surface area contributed by atoms with Crippen LogP contribution in [0.4, 0.5) is 4.39 Å². The zero-order valence-corrected chi connectivity index (χ0v) is 10.9. The summed E-state index contributed by atoms with van der Waals surface area (Å²) in [5.41, 5.74) is -0.0133. The molecule has 0 amide bonds. The fraction of sp³-hybridized carbons (Fsp3) is 0.167. The SMILES string of the molecule is COC(=O)c1nn(-c2ccccc2F)c(OC)c1Cl. The van der Waals surface area contributed by atoms with Crippen LogP contribution in [-0.2, 0) is 4.74 Å². The van der Waals surface area contributed by atoms with Crippen LogP contribution in [0, 0.1) is 5.82 Å². The molecule has 0 aliphatic heterocycles. The highest BCUT2D eigenvalue weighted by molar-refractivity contribution is 6.34. The Kier molecular flexibility index (Phi) is 3.71. The minimum atomic E-state index is -0.724. The molecule has 0 N–H and O–H groups in total. The molecule has 0 radical (unpaired) electrons. The van der Waals surface area contributed by atoms with E-state index in [2.05, 4.69) is 9.84 Å². The van der Waals surface area contributed by atoms with E-state index in [0.717, 1.165) is 4.68 Å². The largest absolute Gasteiger partial charge is 0.480 e. The van der Waals surface area contributed by atoms with Crippen molar-refractivity contribution in [3.8, 4) is 11.6 Å². The molecule has 2 rings (SSSR count). The summed E-state index contributed by atoms with van der Waals surface area (Å²) in [6.07, 6.45) is 0. The molecule has 0 spiro atoms. The number of hydrogen-bond donors (Lipinski definition) is 0. The first-order valence-corrected chi connectivity index (χ1v) is 5.63. The van der Waals surface area contributed by atoms with Gasteiger partial charge in [-0.2, -0.15) is 9.78 Å². The topological polar surface area (TPSA) is 53.3 Å². The van der Waals surface area contributed by atoms with E-state index in [9.17, 15) is 9.18 Å². The van der Waals surface area contributed by atoms with Crippen LogP contribution < -0.4 is 4.74 Å². The first kappa shape index (κ1) is 13.4. The molecule has 1 heterocycles. The van der Waals surface area contributed by atoms with E-state index >= 15 is 0 Å². The molecule has 1 aromatic carbocycles. The van der Waals surface area contributed by atoms with Crippen LogP contribution >= 0.6 is 11.6 Å². The van der Waals surface area contributed by atoms with Gasteiger partial charge >= 0.3 is 5.97 Å². The quantitative estimate of drug-likeness (QED) is 0.813. The Labute approximate surface area is 113 Å². The lowest BCUT2D eigenvalue weighted by Crippen LogP contribution is -2.06. The molecule has 0 saturated carbocycles. The van der Waals surface area contributed by atoms with E-state index in [0.29, 0.717) is 0 Å². The lowest BCUT2D eigenvalue weighted by molar-refractivity contribution is 0.0593. The molecule has 7 heteroatoms. The molecule has 100 valence electrons. The van der Waals surface area contributed by atoms with Crippen molar-refractivity contribution in [2.24, 2.45) is 0 Å². The normalized spacial score (nSPS) is 10.3. The van der Waals surface area contributed by atoms with Gasteiger partial charge in [0.25, 0.3) is 0 Å². The fourth-order valence-electron chi connectivity index (χ4n) is 1.57. The third-order valence-electron chi connectivity index (χ3n) is 2.44. The predicted molar refractivity (Wildman–Crippen MR) is 66.4 cm³/mol. The van der Waals surface area contributed by atoms with Gasteiger partial charge in [-0.3, -0.25) is 0 Å². The van der Waals surface area contributed by atoms with Crippen molar-refractivity contribution in [1.82, 2.24) is 9.78 Å². The molecule has 0 bridgehead atoms. The molecule has 1 aromatic heterocycles. The maximum absolute atomic E-state index is 13.7. The highest BCUT2D eigenvalue weighted by Gasteiger charge is 2.24. The van der Waals surface area contributed by atoms with Crippen LogP contribution in [0.25, 0.3) is 5.69 Å². The summed E-state index contributed by atoms with van der Waals surface area (Å²) >= 11 is 5.97. The Morgan fingerprint density at radius 1 is 1.37 bits per heavy atom. The number of carbonyl (C=O) groups is 1. The summed E-state index contributed by atoms with van der Waals surface area (Å²) in [5, 5.41) is 3.90. The minimum absolute atomic E-state index is 0.0300. The van der Waals surface area contributed by atoms with Crippen molar-refractivity contribution in [2.75, 3.05) is 14.2 Å². The van der Waals surface area contributed by atoms with Crippen molar-refractivity contribution in [3.63, 3.8) is 0 Å². The number of halogens is 2. The van der Waals surface area contributed by atoms with Crippen LogP contribution in [0.1, 0.15) is 10.5 Å². The number of esters is 1. The Morgan fingerprint density at radius 3 is 2.63 bits per heavy atom. The van der Waals surface area contributed by atoms with Gasteiger partial charge in [0.2, 0.25) is 5.88 Å². The fourth-order valence-corrected chi connectivity index (χ4v) is 1.85. The maximum Gasteiger partial charge on any atom is 0.360 e. The number of hydrogen-bond acceptors (Lipinski definition) is 4. The van der Waals surface area contributed by atoms with Gasteiger partial charge in [-0.05, 0) is 12.1 Å². The van der Waals surface area contributed by atoms with E-state index in [1.54, 1.807) is 6.07 Å². The molecular formula is C12H10ClFN2O3. The zero-order chi connectivity index (χ0) is 14.0. The summed E-state index contributed by atoms with van der Waals surface area (Å²) in [6, 6.07) is 5.92. The number of benzene rings is 1. The number of para-hydroxylation sites is 1. The highest BCUT2D eigenvalue weighted by Crippen LogP contribution is 2.31. The van der Waals surface area contributed by atoms with Gasteiger partial charge in [0.05, 0.1) is 14.2 Å². The summed E-state index contributed by atoms with van der Waals surface area (Å²) < 4.78 is 24.5. The van der Waals surface area contributed by atoms with Crippen LogP contribution in [0.3, 0.4) is 0 Å². The molecule has 5 nitrogen and oxygen atoms in total. The van der Waals surface area contributed by atoms with Gasteiger partial charge in [-0.15, -0.1) is 0 Å². The Hall–Kier alpha value is -2.08. The number of methoxy groups -OCH3 is 2. The van der Waals surface area contributed by atoms with Gasteiger partial charge in [-0.25, -0.2) is 9.18 Å². The van der Waals surface area contributed by atoms with Crippen molar-refractivity contribution in [3.05, 3.63) is 40.8 Å². The highest BCUT2D eigenvalue weighted by atomic mass is 35.5. The second kappa shape index (κ2) is 5.27. The monoisotopic (exact) mass is 284 g/mol. The summed E-state index contributed by atoms with van der Waals surface area (Å²) in [5.74, 6) is -1.18. The van der Waals surface area contributed by atoms with Crippen molar-refractivity contribution < 1.29 is 18.7 Å². The van der Waals surface area contributed by atoms with Crippen LogP contribution in [0.2, 0.25) is 5.02 Å². The number of ether oxygens (including phenoxy) is 2. The van der Waals surface area contributed by atoms with E-state index in [1.165, 1.54) is 32.4 Å². The third kappa shape index (κ3) is 2.26. The smallest absolute Gasteiger partial charge is 0.360 e. The van der Waals surface area contributed by atoms with Gasteiger partial charge < -0.3 is 9.47 Å². The molecule has 0 fully saturated rings. The molecule has 0 atom stereocenters. The number of aromatic nitrogens is 2. The molecule has 19 heavy (non-hydrogen) atoms. The van der Waals surface area contributed by atoms with Crippen LogP contribution in [0.15, 0.2) is 24.3 Å². The Balaban J connectivity index is 2.64. The first-order valence-electron chi connectivity index (χ1n) is 5.26. The summed E-state index contributed by atoms with van der Waals surface area (Å²) in [4.78, 5) is 11.5. The number of rotatable bonds is 3. The van der Waals surface area contributed by atoms with Crippen molar-refractivity contribution in [2.45, 2.75) is 0 Å². The number of carbonyl (C=O) groups excluding carboxylic acids is 1. The lowest BCUT2D eigenvalue weighted by atomic mass is 10.3. The van der Waals surface area contributed by atoms with Crippen molar-refractivity contribution in [1.29, 1.82) is 0 Å². The summed E-state index contributed by atoms with van der Waals surface area (Å²) in [6.45, 7) is 0. The Bertz CT molecular complexity index is 627. The van der Waals surface area contributed by atoms with Gasteiger partial charge in [0.1, 0.15) is 16.5 Å². The second-order valence-corrected chi connectivity index (χ2v) is 3.90. The molecule has 0 unspecified atom stereocenters. The van der Waals surface area contributed by atoms with E-state index < -0.39 is 11.8 Å². The maximum atomic E-state index is 13.7. The molecular weight excluding hydrogens is 275 g/mol. The zero-order valence-electron chi connectivity index (χ0n) is 10.2. The average Bonchev–Trinajstić information content (AvgIpc) is 2.75. The van der Waals surface area contributed by atoms with E-state index in [4.69, 9.17) is 16.3 Å². The molecule has 2 aromatic rings. The molecule has 0 aliphatic carbocycles. The van der Waals surface area contributed by atoms with Gasteiger partial charge in [0.15, 0.2) is 5.69 Å². The molecule has 0 aliphatic rings. The third-order valence-corrected chi connectivity index (χ3v) is 2.78. The number of nitrogens with zero attached hydrogens (tertiary/aromatic N) is 2. The predicted octanol–water partition coefficient (Wildman–Crippen LogP) is 2.46. The summed E-state index contributed by atoms with van der Waals surface area (Å²) in [7, 11) is 2.55. The standard InChI is InChI=1S/C12H10ClFN2O3/c1-18-11-9(13)10(12(17)19-2)15-16(11)8-6-4-3-5-7(8)14/h3-6H,1-2H3. The molecule has 0 saturated heterocycles. The average molecular weight is 285 g/mol. The van der Waals surface area contributed by atoms with Crippen LogP contribution in [0.5, 0.6) is 5.88 Å². The van der Waals surface area contributed by atoms with E-state index in [-0.39, 0.29) is 22.3 Å². The second-order valence-electron chi connectivity index (χ2n) is 3.53. The van der Waals surface area contributed by atoms with Crippen LogP contribution in [-0.4, -0.2) is 30.0 Å².